The van der Waals surface area contributed by atoms with Crippen LogP contribution in [0.25, 0.3) is 0 Å². The van der Waals surface area contributed by atoms with Gasteiger partial charge in [-0.25, -0.2) is 13.9 Å². The van der Waals surface area contributed by atoms with Crippen LogP contribution in [-0.2, 0) is 19.4 Å². The molecule has 0 aromatic heterocycles. The highest BCUT2D eigenvalue weighted by Gasteiger charge is 2.30. The Morgan fingerprint density at radius 1 is 1.00 bits per heavy atom. The Hall–Kier alpha value is -2.66. The van der Waals surface area contributed by atoms with Gasteiger partial charge in [0.2, 0.25) is 5.91 Å². The largest absolute Gasteiger partial charge is 0.457 e. The zero-order chi connectivity index (χ0) is 22.3. The number of para-hydroxylation sites is 1. The van der Waals surface area contributed by atoms with Crippen molar-refractivity contribution in [3.8, 4) is 11.5 Å². The van der Waals surface area contributed by atoms with Gasteiger partial charge in [-0.05, 0) is 42.3 Å². The SMILES string of the molecule is CC(C)C(N)C(=O)N[C@@H](CS(=O)(=O)c1ccc(Oc2ccccc2)cc1)C(=O)NO.Cl. The van der Waals surface area contributed by atoms with E-state index in [1.54, 1.807) is 38.1 Å². The predicted molar refractivity (Wildman–Crippen MR) is 117 cm³/mol. The number of halogens is 1. The standard InChI is InChI=1S/C20H25N3O6S.ClH/c1-13(2)18(21)20(25)22-17(19(24)23-26)12-30(27,28)16-10-8-15(9-11-16)29-14-6-4-3-5-7-14;/h3-11,13,17-18,26H,12,21H2,1-2H3,(H,22,25)(H,23,24);1H/t17-,18?;/m0./s1. The first-order chi connectivity index (χ1) is 14.1. The molecular formula is C20H26ClN3O6S. The van der Waals surface area contributed by atoms with Gasteiger partial charge in [-0.15, -0.1) is 12.4 Å². The lowest BCUT2D eigenvalue weighted by molar-refractivity contribution is -0.134. The van der Waals surface area contributed by atoms with Crippen LogP contribution in [0.2, 0.25) is 0 Å². The Morgan fingerprint density at radius 2 is 1.55 bits per heavy atom. The average Bonchev–Trinajstić information content (AvgIpc) is 2.73. The van der Waals surface area contributed by atoms with Crippen LogP contribution in [-0.4, -0.2) is 43.3 Å². The number of rotatable bonds is 9. The quantitative estimate of drug-likeness (QED) is 0.321. The second-order valence-electron chi connectivity index (χ2n) is 6.97. The zero-order valence-electron chi connectivity index (χ0n) is 17.0. The molecule has 11 heteroatoms. The van der Waals surface area contributed by atoms with E-state index in [4.69, 9.17) is 15.7 Å². The summed E-state index contributed by atoms with van der Waals surface area (Å²) in [5.41, 5.74) is 7.11. The lowest BCUT2D eigenvalue weighted by atomic mass is 10.0. The van der Waals surface area contributed by atoms with Crippen molar-refractivity contribution in [3.63, 3.8) is 0 Å². The molecular weight excluding hydrogens is 446 g/mol. The van der Waals surface area contributed by atoms with Crippen molar-refractivity contribution in [1.82, 2.24) is 10.8 Å². The van der Waals surface area contributed by atoms with Crippen LogP contribution in [0.1, 0.15) is 13.8 Å². The van der Waals surface area contributed by atoms with Gasteiger partial charge >= 0.3 is 0 Å². The molecule has 0 aliphatic carbocycles. The molecule has 2 aromatic carbocycles. The summed E-state index contributed by atoms with van der Waals surface area (Å²) >= 11 is 0. The van der Waals surface area contributed by atoms with Crippen LogP contribution >= 0.6 is 12.4 Å². The van der Waals surface area contributed by atoms with E-state index in [0.29, 0.717) is 11.5 Å². The van der Waals surface area contributed by atoms with Crippen molar-refractivity contribution >= 4 is 34.1 Å². The Morgan fingerprint density at radius 3 is 2.06 bits per heavy atom. The molecule has 0 aliphatic rings. The molecule has 2 atom stereocenters. The predicted octanol–water partition coefficient (Wildman–Crippen LogP) is 1.65. The third-order valence-corrected chi connectivity index (χ3v) is 6.07. The number of ether oxygens (including phenoxy) is 1. The Labute approximate surface area is 187 Å². The van der Waals surface area contributed by atoms with E-state index in [-0.39, 0.29) is 23.2 Å². The van der Waals surface area contributed by atoms with Gasteiger partial charge in [-0.3, -0.25) is 14.8 Å². The highest BCUT2D eigenvalue weighted by Crippen LogP contribution is 2.23. The molecule has 2 rings (SSSR count). The molecule has 9 nitrogen and oxygen atoms in total. The topological polar surface area (TPSA) is 148 Å². The van der Waals surface area contributed by atoms with E-state index < -0.39 is 39.5 Å². The van der Waals surface area contributed by atoms with Gasteiger partial charge in [-0.2, -0.15) is 0 Å². The van der Waals surface area contributed by atoms with Crippen molar-refractivity contribution < 1.29 is 28.0 Å². The first kappa shape index (κ1) is 26.4. The average molecular weight is 472 g/mol. The van der Waals surface area contributed by atoms with Gasteiger partial charge in [-0.1, -0.05) is 32.0 Å². The normalized spacial score (nSPS) is 12.9. The zero-order valence-corrected chi connectivity index (χ0v) is 18.7. The number of carbonyl (C=O) groups is 2. The third-order valence-electron chi connectivity index (χ3n) is 4.31. The molecule has 0 aliphatic heterocycles. The molecule has 2 amide bonds. The van der Waals surface area contributed by atoms with Crippen molar-refractivity contribution in [2.45, 2.75) is 30.8 Å². The summed E-state index contributed by atoms with van der Waals surface area (Å²) in [6.45, 7) is 3.42. The highest BCUT2D eigenvalue weighted by atomic mass is 35.5. The molecule has 0 saturated carbocycles. The van der Waals surface area contributed by atoms with Gasteiger partial charge in [0.1, 0.15) is 17.5 Å². The maximum atomic E-state index is 12.7. The first-order valence-electron chi connectivity index (χ1n) is 9.19. The molecule has 0 spiro atoms. The van der Waals surface area contributed by atoms with Crippen molar-refractivity contribution in [3.05, 3.63) is 54.6 Å². The molecule has 0 fully saturated rings. The van der Waals surface area contributed by atoms with Crippen LogP contribution in [0.5, 0.6) is 11.5 Å². The van der Waals surface area contributed by atoms with E-state index >= 15 is 0 Å². The summed E-state index contributed by atoms with van der Waals surface area (Å²) < 4.78 is 31.1. The van der Waals surface area contributed by atoms with Crippen LogP contribution in [0.3, 0.4) is 0 Å². The summed E-state index contributed by atoms with van der Waals surface area (Å²) in [4.78, 5) is 24.0. The molecule has 2 aromatic rings. The van der Waals surface area contributed by atoms with E-state index in [0.717, 1.165) is 0 Å². The number of hydroxylamine groups is 1. The van der Waals surface area contributed by atoms with Gasteiger partial charge in [0.05, 0.1) is 16.7 Å². The number of hydrogen-bond donors (Lipinski definition) is 4. The van der Waals surface area contributed by atoms with Crippen molar-refractivity contribution in [1.29, 1.82) is 0 Å². The summed E-state index contributed by atoms with van der Waals surface area (Å²) in [6.07, 6.45) is 0. The van der Waals surface area contributed by atoms with E-state index in [2.05, 4.69) is 5.32 Å². The number of benzene rings is 2. The first-order valence-corrected chi connectivity index (χ1v) is 10.8. The van der Waals surface area contributed by atoms with E-state index in [1.807, 2.05) is 6.07 Å². The maximum Gasteiger partial charge on any atom is 0.266 e. The minimum absolute atomic E-state index is 0. The van der Waals surface area contributed by atoms with E-state index in [9.17, 15) is 18.0 Å². The van der Waals surface area contributed by atoms with Crippen LogP contribution in [0.4, 0.5) is 0 Å². The van der Waals surface area contributed by atoms with E-state index in [1.165, 1.54) is 29.7 Å². The second-order valence-corrected chi connectivity index (χ2v) is 9.01. The molecule has 0 radical (unpaired) electrons. The Bertz CT molecular complexity index is 968. The number of hydrogen-bond acceptors (Lipinski definition) is 7. The Balaban J connectivity index is 0.00000480. The molecule has 170 valence electrons. The fourth-order valence-corrected chi connectivity index (χ4v) is 3.90. The lowest BCUT2D eigenvalue weighted by Gasteiger charge is -2.21. The Kier molecular flexibility index (Phi) is 9.92. The summed E-state index contributed by atoms with van der Waals surface area (Å²) in [6, 6.07) is 12.2. The van der Waals surface area contributed by atoms with Crippen molar-refractivity contribution in [2.75, 3.05) is 5.75 Å². The van der Waals surface area contributed by atoms with Crippen molar-refractivity contribution in [2.24, 2.45) is 11.7 Å². The van der Waals surface area contributed by atoms with Gasteiger partial charge in [0.15, 0.2) is 9.84 Å². The molecule has 0 heterocycles. The second kappa shape index (κ2) is 11.7. The van der Waals surface area contributed by atoms with Crippen LogP contribution in [0.15, 0.2) is 59.5 Å². The number of nitrogens with one attached hydrogen (secondary N) is 2. The monoisotopic (exact) mass is 471 g/mol. The summed E-state index contributed by atoms with van der Waals surface area (Å²) in [5.74, 6) is -1.71. The fourth-order valence-electron chi connectivity index (χ4n) is 2.49. The molecule has 5 N–H and O–H groups in total. The molecule has 1 unspecified atom stereocenters. The molecule has 0 saturated heterocycles. The third kappa shape index (κ3) is 7.51. The number of carbonyl (C=O) groups excluding carboxylic acids is 2. The lowest BCUT2D eigenvalue weighted by Crippen LogP contribution is -2.54. The molecule has 31 heavy (non-hydrogen) atoms. The minimum Gasteiger partial charge on any atom is -0.457 e. The molecule has 0 bridgehead atoms. The number of sulfone groups is 1. The smallest absolute Gasteiger partial charge is 0.266 e. The minimum atomic E-state index is -3.98. The van der Waals surface area contributed by atoms with Crippen LogP contribution in [0, 0.1) is 5.92 Å². The van der Waals surface area contributed by atoms with Crippen LogP contribution < -0.4 is 21.3 Å². The summed E-state index contributed by atoms with van der Waals surface area (Å²) in [7, 11) is -3.98. The summed E-state index contributed by atoms with van der Waals surface area (Å²) in [5, 5.41) is 11.2. The number of amides is 2. The van der Waals surface area contributed by atoms with Gasteiger partial charge in [0.25, 0.3) is 5.91 Å². The maximum absolute atomic E-state index is 12.7. The number of nitrogens with two attached hydrogens (primary N) is 1. The highest BCUT2D eigenvalue weighted by molar-refractivity contribution is 7.91. The van der Waals surface area contributed by atoms with Gasteiger partial charge in [0, 0.05) is 0 Å². The fraction of sp³-hybridized carbons (Fsp3) is 0.300. The van der Waals surface area contributed by atoms with Gasteiger partial charge < -0.3 is 15.8 Å².